The maximum atomic E-state index is 13.8. The molecule has 1 saturated heterocycles. The van der Waals surface area contributed by atoms with Gasteiger partial charge in [0, 0.05) is 38.1 Å². The second-order valence-corrected chi connectivity index (χ2v) is 4.68. The van der Waals surface area contributed by atoms with Crippen molar-refractivity contribution in [2.24, 2.45) is 0 Å². The highest BCUT2D eigenvalue weighted by Crippen LogP contribution is 2.29. The predicted molar refractivity (Wildman–Crippen MR) is 70.9 cm³/mol. The van der Waals surface area contributed by atoms with Crippen molar-refractivity contribution in [3.05, 3.63) is 23.5 Å². The SMILES string of the molecule is COc1cc(F)c(C#N)c(OC2CCN(C(=O)O)CC2)c1. The first-order valence-electron chi connectivity index (χ1n) is 6.47. The Morgan fingerprint density at radius 2 is 2.14 bits per heavy atom. The van der Waals surface area contributed by atoms with Gasteiger partial charge in [0.2, 0.25) is 0 Å². The molecule has 1 aromatic rings. The van der Waals surface area contributed by atoms with Crippen molar-refractivity contribution in [2.45, 2.75) is 18.9 Å². The maximum Gasteiger partial charge on any atom is 0.407 e. The Morgan fingerprint density at radius 3 is 2.67 bits per heavy atom. The van der Waals surface area contributed by atoms with Gasteiger partial charge in [-0.3, -0.25) is 0 Å². The van der Waals surface area contributed by atoms with Crippen LogP contribution in [0.2, 0.25) is 0 Å². The van der Waals surface area contributed by atoms with E-state index in [4.69, 9.17) is 19.8 Å². The van der Waals surface area contributed by atoms with Crippen molar-refractivity contribution in [2.75, 3.05) is 20.2 Å². The summed E-state index contributed by atoms with van der Waals surface area (Å²) in [6, 6.07) is 4.36. The van der Waals surface area contributed by atoms with Gasteiger partial charge >= 0.3 is 6.09 Å². The number of halogens is 1. The number of carboxylic acid groups (broad SMARTS) is 1. The van der Waals surface area contributed by atoms with Gasteiger partial charge in [-0.25, -0.2) is 9.18 Å². The smallest absolute Gasteiger partial charge is 0.407 e. The summed E-state index contributed by atoms with van der Waals surface area (Å²) in [5.74, 6) is -0.303. The fourth-order valence-corrected chi connectivity index (χ4v) is 2.22. The molecule has 1 aliphatic heterocycles. The number of hydrogen-bond donors (Lipinski definition) is 1. The molecule has 1 aromatic carbocycles. The Hall–Kier alpha value is -2.49. The summed E-state index contributed by atoms with van der Waals surface area (Å²) in [6.45, 7) is 0.711. The third-order valence-corrected chi connectivity index (χ3v) is 3.38. The molecule has 1 N–H and O–H groups in total. The van der Waals surface area contributed by atoms with E-state index >= 15 is 0 Å². The fourth-order valence-electron chi connectivity index (χ4n) is 2.22. The van der Waals surface area contributed by atoms with E-state index in [0.29, 0.717) is 25.9 Å². The van der Waals surface area contributed by atoms with E-state index in [1.807, 2.05) is 0 Å². The first kappa shape index (κ1) is 14.9. The summed E-state index contributed by atoms with van der Waals surface area (Å²) in [5, 5.41) is 17.9. The molecule has 1 amide bonds. The maximum absolute atomic E-state index is 13.8. The van der Waals surface area contributed by atoms with Gasteiger partial charge < -0.3 is 19.5 Å². The monoisotopic (exact) mass is 294 g/mol. The lowest BCUT2D eigenvalue weighted by molar-refractivity contribution is 0.0890. The molecule has 6 nitrogen and oxygen atoms in total. The van der Waals surface area contributed by atoms with Gasteiger partial charge in [-0.05, 0) is 0 Å². The molecule has 1 fully saturated rings. The Kier molecular flexibility index (Phi) is 4.48. The summed E-state index contributed by atoms with van der Waals surface area (Å²) >= 11 is 0. The Balaban J connectivity index is 2.12. The van der Waals surface area contributed by atoms with Crippen LogP contribution in [0.3, 0.4) is 0 Å². The van der Waals surface area contributed by atoms with Crippen molar-refractivity contribution in [3.8, 4) is 17.6 Å². The van der Waals surface area contributed by atoms with Crippen LogP contribution in [-0.2, 0) is 0 Å². The van der Waals surface area contributed by atoms with E-state index in [0.717, 1.165) is 6.07 Å². The van der Waals surface area contributed by atoms with Crippen LogP contribution in [0.1, 0.15) is 18.4 Å². The molecule has 0 aromatic heterocycles. The summed E-state index contributed by atoms with van der Waals surface area (Å²) in [5.41, 5.74) is -0.170. The summed E-state index contributed by atoms with van der Waals surface area (Å²) in [7, 11) is 1.40. The second kappa shape index (κ2) is 6.31. The van der Waals surface area contributed by atoms with E-state index in [1.165, 1.54) is 18.1 Å². The van der Waals surface area contributed by atoms with Crippen LogP contribution >= 0.6 is 0 Å². The highest BCUT2D eigenvalue weighted by molar-refractivity contribution is 5.65. The summed E-state index contributed by atoms with van der Waals surface area (Å²) in [4.78, 5) is 12.1. The number of amides is 1. The van der Waals surface area contributed by atoms with E-state index in [1.54, 1.807) is 6.07 Å². The second-order valence-electron chi connectivity index (χ2n) is 4.68. The number of methoxy groups -OCH3 is 1. The number of carbonyl (C=O) groups is 1. The zero-order valence-electron chi connectivity index (χ0n) is 11.5. The first-order chi connectivity index (χ1) is 10.0. The highest BCUT2D eigenvalue weighted by Gasteiger charge is 2.25. The largest absolute Gasteiger partial charge is 0.497 e. The molecule has 0 unspecified atom stereocenters. The summed E-state index contributed by atoms with van der Waals surface area (Å²) < 4.78 is 24.4. The summed E-state index contributed by atoms with van der Waals surface area (Å²) in [6.07, 6.45) is -0.218. The van der Waals surface area contributed by atoms with Crippen LogP contribution in [0.4, 0.5) is 9.18 Å². The third kappa shape index (κ3) is 3.34. The van der Waals surface area contributed by atoms with Crippen molar-refractivity contribution in [1.29, 1.82) is 5.26 Å². The molecule has 1 heterocycles. The topological polar surface area (TPSA) is 82.8 Å². The van der Waals surface area contributed by atoms with Gasteiger partial charge in [0.05, 0.1) is 7.11 Å². The zero-order chi connectivity index (χ0) is 15.4. The number of hydrogen-bond acceptors (Lipinski definition) is 4. The quantitative estimate of drug-likeness (QED) is 0.924. The van der Waals surface area contributed by atoms with Crippen LogP contribution in [0.15, 0.2) is 12.1 Å². The average molecular weight is 294 g/mol. The van der Waals surface area contributed by atoms with Crippen molar-refractivity contribution in [3.63, 3.8) is 0 Å². The zero-order valence-corrected chi connectivity index (χ0v) is 11.5. The fraction of sp³-hybridized carbons (Fsp3) is 0.429. The van der Waals surface area contributed by atoms with Crippen LogP contribution in [0.25, 0.3) is 0 Å². The van der Waals surface area contributed by atoms with Gasteiger partial charge in [-0.2, -0.15) is 5.26 Å². The van der Waals surface area contributed by atoms with Crippen LogP contribution in [-0.4, -0.2) is 42.4 Å². The average Bonchev–Trinajstić information content (AvgIpc) is 2.47. The minimum absolute atomic E-state index is 0.128. The molecular weight excluding hydrogens is 279 g/mol. The van der Waals surface area contributed by atoms with Crippen molar-refractivity contribution in [1.82, 2.24) is 4.90 Å². The molecule has 0 atom stereocenters. The Labute approximate surface area is 121 Å². The molecule has 2 rings (SSSR count). The van der Waals surface area contributed by atoms with Gasteiger partial charge in [0.15, 0.2) is 0 Å². The molecule has 21 heavy (non-hydrogen) atoms. The standard InChI is InChI=1S/C14H15FN2O4/c1-20-10-6-12(15)11(8-16)13(7-10)21-9-2-4-17(5-3-9)14(18)19/h6-7,9H,2-5H2,1H3,(H,18,19). The van der Waals surface area contributed by atoms with Crippen LogP contribution in [0.5, 0.6) is 11.5 Å². The molecule has 7 heteroatoms. The molecule has 0 aliphatic carbocycles. The number of nitriles is 1. The number of benzene rings is 1. The number of likely N-dealkylation sites (tertiary alicyclic amines) is 1. The highest BCUT2D eigenvalue weighted by atomic mass is 19.1. The molecule has 0 bridgehead atoms. The van der Waals surface area contributed by atoms with Crippen LogP contribution in [0, 0.1) is 17.1 Å². The van der Waals surface area contributed by atoms with Gasteiger partial charge in [0.25, 0.3) is 0 Å². The number of piperidine rings is 1. The minimum Gasteiger partial charge on any atom is -0.497 e. The van der Waals surface area contributed by atoms with Crippen molar-refractivity contribution >= 4 is 6.09 Å². The predicted octanol–water partition coefficient (Wildman–Crippen LogP) is 2.23. The normalized spacial score (nSPS) is 15.4. The Bertz CT molecular complexity index is 577. The lowest BCUT2D eigenvalue weighted by Gasteiger charge is -2.30. The van der Waals surface area contributed by atoms with Crippen molar-refractivity contribution < 1.29 is 23.8 Å². The van der Waals surface area contributed by atoms with E-state index in [-0.39, 0.29) is 23.2 Å². The molecule has 1 aliphatic rings. The third-order valence-electron chi connectivity index (χ3n) is 3.38. The van der Waals surface area contributed by atoms with E-state index in [9.17, 15) is 9.18 Å². The Morgan fingerprint density at radius 1 is 1.48 bits per heavy atom. The van der Waals surface area contributed by atoms with E-state index in [2.05, 4.69) is 0 Å². The van der Waals surface area contributed by atoms with Gasteiger partial charge in [0.1, 0.15) is 35.1 Å². The number of ether oxygens (including phenoxy) is 2. The molecular formula is C14H15FN2O4. The number of nitrogens with zero attached hydrogens (tertiary/aromatic N) is 2. The molecule has 0 saturated carbocycles. The number of rotatable bonds is 3. The first-order valence-corrected chi connectivity index (χ1v) is 6.47. The minimum atomic E-state index is -0.960. The molecule has 112 valence electrons. The van der Waals surface area contributed by atoms with Gasteiger partial charge in [-0.15, -0.1) is 0 Å². The molecule has 0 radical (unpaired) electrons. The molecule has 0 spiro atoms. The van der Waals surface area contributed by atoms with Crippen LogP contribution < -0.4 is 9.47 Å². The van der Waals surface area contributed by atoms with Gasteiger partial charge in [-0.1, -0.05) is 0 Å². The lowest BCUT2D eigenvalue weighted by atomic mass is 10.1. The van der Waals surface area contributed by atoms with E-state index < -0.39 is 11.9 Å². The lowest BCUT2D eigenvalue weighted by Crippen LogP contribution is -2.41.